The number of nitrogens with zero attached hydrogens (tertiary/aromatic N) is 1. The standard InChI is InChI=1S/C11H14N2O7S2/c1-5(14)20-3-6-4-21-10-7(12-22(2,18)19)9(15)13(10)8(6)11(16)17/h7,10,12H,3-4H2,1-2H3,(H,16,17)/t7?,10-/m1/s1. The highest BCUT2D eigenvalue weighted by Crippen LogP contribution is 2.40. The molecule has 1 unspecified atom stereocenters. The van der Waals surface area contributed by atoms with Crippen LogP contribution < -0.4 is 4.72 Å². The smallest absolute Gasteiger partial charge is 0.352 e. The number of hydrogen-bond acceptors (Lipinski definition) is 7. The summed E-state index contributed by atoms with van der Waals surface area (Å²) in [7, 11) is -3.58. The van der Waals surface area contributed by atoms with Gasteiger partial charge in [-0.1, -0.05) is 0 Å². The van der Waals surface area contributed by atoms with Crippen molar-refractivity contribution >= 4 is 39.6 Å². The number of sulfonamides is 1. The van der Waals surface area contributed by atoms with E-state index in [4.69, 9.17) is 4.74 Å². The quantitative estimate of drug-likeness (QED) is 0.463. The van der Waals surface area contributed by atoms with Crippen molar-refractivity contribution in [2.45, 2.75) is 18.3 Å². The number of carbonyl (C=O) groups is 3. The Morgan fingerprint density at radius 3 is 2.64 bits per heavy atom. The average molecular weight is 350 g/mol. The summed E-state index contributed by atoms with van der Waals surface area (Å²) in [5.41, 5.74) is 0.0525. The van der Waals surface area contributed by atoms with Crippen LogP contribution in [0.1, 0.15) is 6.92 Å². The van der Waals surface area contributed by atoms with Gasteiger partial charge in [-0.15, -0.1) is 11.8 Å². The minimum Gasteiger partial charge on any atom is -0.477 e. The monoisotopic (exact) mass is 350 g/mol. The number of carboxylic acids is 1. The van der Waals surface area contributed by atoms with Crippen LogP contribution in [0.2, 0.25) is 0 Å². The highest BCUT2D eigenvalue weighted by Gasteiger charge is 2.54. The summed E-state index contributed by atoms with van der Waals surface area (Å²) < 4.78 is 29.4. The number of thioether (sulfide) groups is 1. The molecule has 1 amide bonds. The predicted octanol–water partition coefficient (Wildman–Crippen LogP) is -1.28. The molecule has 2 aliphatic rings. The van der Waals surface area contributed by atoms with Gasteiger partial charge in [0.15, 0.2) is 0 Å². The zero-order valence-electron chi connectivity index (χ0n) is 11.7. The summed E-state index contributed by atoms with van der Waals surface area (Å²) in [4.78, 5) is 35.3. The Hall–Kier alpha value is -1.59. The zero-order valence-corrected chi connectivity index (χ0v) is 13.4. The van der Waals surface area contributed by atoms with Crippen molar-refractivity contribution < 1.29 is 32.6 Å². The number of amides is 1. The van der Waals surface area contributed by atoms with E-state index in [1.807, 2.05) is 0 Å². The first-order valence-corrected chi connectivity index (χ1v) is 9.06. The molecule has 1 saturated heterocycles. The Labute approximate surface area is 130 Å². The number of carboxylic acid groups (broad SMARTS) is 1. The Bertz CT molecular complexity index is 670. The van der Waals surface area contributed by atoms with Crippen molar-refractivity contribution in [3.8, 4) is 0 Å². The summed E-state index contributed by atoms with van der Waals surface area (Å²) in [5.74, 6) is -2.29. The lowest BCUT2D eigenvalue weighted by atomic mass is 10.0. The summed E-state index contributed by atoms with van der Waals surface area (Å²) in [5, 5.41) is 8.68. The maximum Gasteiger partial charge on any atom is 0.352 e. The van der Waals surface area contributed by atoms with Crippen LogP contribution in [0.4, 0.5) is 0 Å². The van der Waals surface area contributed by atoms with Crippen LogP contribution in [-0.4, -0.2) is 66.3 Å². The number of aliphatic carboxylic acids is 1. The molecule has 0 radical (unpaired) electrons. The molecule has 2 aliphatic heterocycles. The number of fused-ring (bicyclic) bond motifs is 1. The van der Waals surface area contributed by atoms with E-state index in [-0.39, 0.29) is 18.1 Å². The molecule has 0 aliphatic carbocycles. The lowest BCUT2D eigenvalue weighted by Gasteiger charge is -2.49. The SMILES string of the molecule is CC(=O)OCC1=C(C(=O)O)N2C(=O)C(NS(C)(=O)=O)[C@H]2SC1. The minimum absolute atomic E-state index is 0.218. The second-order valence-corrected chi connectivity index (χ2v) is 7.70. The van der Waals surface area contributed by atoms with Crippen LogP contribution in [0, 0.1) is 0 Å². The van der Waals surface area contributed by atoms with Gasteiger partial charge >= 0.3 is 11.9 Å². The summed E-state index contributed by atoms with van der Waals surface area (Å²) in [6.07, 6.45) is 0.927. The van der Waals surface area contributed by atoms with E-state index in [9.17, 15) is 27.9 Å². The van der Waals surface area contributed by atoms with Gasteiger partial charge in [0.05, 0.1) is 6.26 Å². The largest absolute Gasteiger partial charge is 0.477 e. The topological polar surface area (TPSA) is 130 Å². The van der Waals surface area contributed by atoms with E-state index in [2.05, 4.69) is 4.72 Å². The third-order valence-corrected chi connectivity index (χ3v) is 5.06. The van der Waals surface area contributed by atoms with Gasteiger partial charge < -0.3 is 9.84 Å². The van der Waals surface area contributed by atoms with Gasteiger partial charge in [0.2, 0.25) is 15.9 Å². The van der Waals surface area contributed by atoms with Crippen LogP contribution in [0.5, 0.6) is 0 Å². The van der Waals surface area contributed by atoms with Crippen molar-refractivity contribution in [3.05, 3.63) is 11.3 Å². The van der Waals surface area contributed by atoms with Gasteiger partial charge in [0, 0.05) is 18.2 Å². The van der Waals surface area contributed by atoms with Gasteiger partial charge in [0.1, 0.15) is 23.7 Å². The summed E-state index contributed by atoms with van der Waals surface area (Å²) in [6.45, 7) is 0.977. The highest BCUT2D eigenvalue weighted by atomic mass is 32.2. The molecule has 9 nitrogen and oxygen atoms in total. The molecule has 0 saturated carbocycles. The molecule has 0 aromatic rings. The van der Waals surface area contributed by atoms with Crippen LogP contribution in [0.15, 0.2) is 11.3 Å². The zero-order chi connectivity index (χ0) is 16.7. The van der Waals surface area contributed by atoms with Gasteiger partial charge in [-0.2, -0.15) is 4.72 Å². The maximum atomic E-state index is 12.1. The van der Waals surface area contributed by atoms with E-state index < -0.39 is 39.3 Å². The van der Waals surface area contributed by atoms with Crippen molar-refractivity contribution in [1.82, 2.24) is 9.62 Å². The number of ether oxygens (including phenoxy) is 1. The fourth-order valence-electron chi connectivity index (χ4n) is 2.19. The first-order valence-electron chi connectivity index (χ1n) is 6.12. The first-order chi connectivity index (χ1) is 10.1. The second-order valence-electron chi connectivity index (χ2n) is 4.82. The van der Waals surface area contributed by atoms with Gasteiger partial charge in [0.25, 0.3) is 0 Å². The van der Waals surface area contributed by atoms with Crippen LogP contribution in [0.25, 0.3) is 0 Å². The Morgan fingerprint density at radius 2 is 2.14 bits per heavy atom. The molecule has 0 spiro atoms. The van der Waals surface area contributed by atoms with Crippen molar-refractivity contribution in [1.29, 1.82) is 0 Å². The molecule has 2 atom stereocenters. The maximum absolute atomic E-state index is 12.1. The molecule has 0 bridgehead atoms. The summed E-state index contributed by atoms with van der Waals surface area (Å²) in [6, 6.07) is -0.982. The molecule has 22 heavy (non-hydrogen) atoms. The lowest BCUT2D eigenvalue weighted by molar-refractivity contribution is -0.148. The fraction of sp³-hybridized carbons (Fsp3) is 0.545. The van der Waals surface area contributed by atoms with Gasteiger partial charge in [-0.05, 0) is 0 Å². The molecule has 2 heterocycles. The Morgan fingerprint density at radius 1 is 1.50 bits per heavy atom. The molecular weight excluding hydrogens is 336 g/mol. The van der Waals surface area contributed by atoms with Crippen LogP contribution >= 0.6 is 11.8 Å². The molecule has 11 heteroatoms. The Kier molecular flexibility index (Phi) is 4.49. The van der Waals surface area contributed by atoms with Crippen LogP contribution in [-0.2, 0) is 29.1 Å². The molecule has 2 rings (SSSR count). The number of nitrogens with one attached hydrogen (secondary N) is 1. The summed E-state index contributed by atoms with van der Waals surface area (Å²) >= 11 is 1.21. The number of β-lactam (4-membered cyclic amide) rings is 1. The van der Waals surface area contributed by atoms with E-state index in [0.717, 1.165) is 11.2 Å². The van der Waals surface area contributed by atoms with E-state index in [1.54, 1.807) is 0 Å². The van der Waals surface area contributed by atoms with Crippen LogP contribution in [0.3, 0.4) is 0 Å². The third-order valence-electron chi connectivity index (χ3n) is 3.04. The highest BCUT2D eigenvalue weighted by molar-refractivity contribution is 8.00. The molecular formula is C11H14N2O7S2. The molecule has 2 N–H and O–H groups in total. The van der Waals surface area contributed by atoms with Crippen molar-refractivity contribution in [2.24, 2.45) is 0 Å². The average Bonchev–Trinajstić information content (AvgIpc) is 2.40. The first kappa shape index (κ1) is 16.8. The Balaban J connectivity index is 2.24. The van der Waals surface area contributed by atoms with Gasteiger partial charge in [-0.25, -0.2) is 13.2 Å². The predicted molar refractivity (Wildman–Crippen MR) is 76.2 cm³/mol. The number of carbonyl (C=O) groups excluding carboxylic acids is 2. The normalized spacial score (nSPS) is 24.6. The van der Waals surface area contributed by atoms with E-state index in [1.165, 1.54) is 18.7 Å². The number of hydrogen-bond donors (Lipinski definition) is 2. The minimum atomic E-state index is -3.58. The van der Waals surface area contributed by atoms with Gasteiger partial charge in [-0.3, -0.25) is 14.5 Å². The fourth-order valence-corrected chi connectivity index (χ4v) is 4.29. The van der Waals surface area contributed by atoms with Crippen molar-refractivity contribution in [2.75, 3.05) is 18.6 Å². The lowest BCUT2D eigenvalue weighted by Crippen LogP contribution is -2.70. The second kappa shape index (κ2) is 5.89. The third kappa shape index (κ3) is 3.25. The molecule has 122 valence electrons. The molecule has 0 aromatic carbocycles. The van der Waals surface area contributed by atoms with E-state index in [0.29, 0.717) is 5.57 Å². The number of esters is 1. The molecule has 1 fully saturated rings. The molecule has 0 aromatic heterocycles. The van der Waals surface area contributed by atoms with E-state index >= 15 is 0 Å². The van der Waals surface area contributed by atoms with Crippen molar-refractivity contribution in [3.63, 3.8) is 0 Å². The number of rotatable bonds is 5.